The smallest absolute Gasteiger partial charge is 0.319 e. The molecule has 6 nitrogen and oxygen atoms in total. The van der Waals surface area contributed by atoms with Crippen LogP contribution in [0.25, 0.3) is 6.08 Å². The van der Waals surface area contributed by atoms with Gasteiger partial charge in [-0.1, -0.05) is 48.5 Å². The fraction of sp³-hybridized carbons (Fsp3) is 0.0556. The maximum atomic E-state index is 11.7. The molecule has 120 valence electrons. The SMILES string of the molecule is N#C/C(=C/c1ccccc1OCc1ccccc1)C(=O)NC(N)=O. The fourth-order valence-electron chi connectivity index (χ4n) is 1.95. The number of carbonyl (C=O) groups excluding carboxylic acids is 2. The molecule has 2 aromatic rings. The number of nitriles is 1. The third-order valence-electron chi connectivity index (χ3n) is 3.06. The molecule has 2 aromatic carbocycles. The number of nitrogens with zero attached hydrogens (tertiary/aromatic N) is 1. The van der Waals surface area contributed by atoms with Gasteiger partial charge in [-0.05, 0) is 17.7 Å². The molecule has 0 saturated carbocycles. The molecule has 6 heteroatoms. The van der Waals surface area contributed by atoms with E-state index in [0.717, 1.165) is 5.56 Å². The van der Waals surface area contributed by atoms with Crippen LogP contribution in [0.1, 0.15) is 11.1 Å². The van der Waals surface area contributed by atoms with E-state index in [1.54, 1.807) is 30.3 Å². The van der Waals surface area contributed by atoms with Crippen LogP contribution in [0.3, 0.4) is 0 Å². The van der Waals surface area contributed by atoms with Crippen molar-refractivity contribution in [3.8, 4) is 11.8 Å². The summed E-state index contributed by atoms with van der Waals surface area (Å²) in [6, 6.07) is 17.3. The van der Waals surface area contributed by atoms with E-state index in [4.69, 9.17) is 15.7 Å². The third kappa shape index (κ3) is 4.71. The Balaban J connectivity index is 2.21. The van der Waals surface area contributed by atoms with Gasteiger partial charge in [0.15, 0.2) is 0 Å². The lowest BCUT2D eigenvalue weighted by atomic mass is 10.1. The molecule has 0 aliphatic rings. The molecule has 0 aliphatic carbocycles. The first kappa shape index (κ1) is 16.8. The monoisotopic (exact) mass is 321 g/mol. The summed E-state index contributed by atoms with van der Waals surface area (Å²) in [6.07, 6.45) is 1.35. The van der Waals surface area contributed by atoms with Crippen LogP contribution in [0.2, 0.25) is 0 Å². The molecular formula is C18H15N3O3. The summed E-state index contributed by atoms with van der Waals surface area (Å²) in [4.78, 5) is 22.5. The Morgan fingerprint density at radius 2 is 1.79 bits per heavy atom. The Kier molecular flexibility index (Phi) is 5.70. The average Bonchev–Trinajstić information content (AvgIpc) is 2.59. The predicted octanol–water partition coefficient (Wildman–Crippen LogP) is 2.37. The molecule has 0 atom stereocenters. The molecule has 0 aliphatic heterocycles. The summed E-state index contributed by atoms with van der Waals surface area (Å²) >= 11 is 0. The van der Waals surface area contributed by atoms with E-state index in [1.165, 1.54) is 6.08 Å². The minimum absolute atomic E-state index is 0.246. The molecule has 0 heterocycles. The second-order valence-corrected chi connectivity index (χ2v) is 4.80. The number of amides is 3. The quantitative estimate of drug-likeness (QED) is 0.651. The van der Waals surface area contributed by atoms with Gasteiger partial charge in [0.05, 0.1) is 0 Å². The summed E-state index contributed by atoms with van der Waals surface area (Å²) in [5.74, 6) is -0.344. The Morgan fingerprint density at radius 3 is 2.46 bits per heavy atom. The van der Waals surface area contributed by atoms with Crippen LogP contribution in [0.15, 0.2) is 60.2 Å². The molecule has 0 aromatic heterocycles. The molecular weight excluding hydrogens is 306 g/mol. The Bertz CT molecular complexity index is 808. The number of hydrogen-bond donors (Lipinski definition) is 2. The zero-order valence-electron chi connectivity index (χ0n) is 12.7. The highest BCUT2D eigenvalue weighted by Crippen LogP contribution is 2.22. The summed E-state index contributed by atoms with van der Waals surface area (Å²) in [5.41, 5.74) is 6.18. The highest BCUT2D eigenvalue weighted by atomic mass is 16.5. The van der Waals surface area contributed by atoms with Gasteiger partial charge in [-0.15, -0.1) is 0 Å². The van der Waals surface area contributed by atoms with Gasteiger partial charge in [-0.3, -0.25) is 10.1 Å². The van der Waals surface area contributed by atoms with Crippen molar-refractivity contribution < 1.29 is 14.3 Å². The molecule has 3 N–H and O–H groups in total. The number of urea groups is 1. The zero-order valence-corrected chi connectivity index (χ0v) is 12.7. The van der Waals surface area contributed by atoms with Crippen molar-refractivity contribution in [3.63, 3.8) is 0 Å². The largest absolute Gasteiger partial charge is 0.488 e. The van der Waals surface area contributed by atoms with Crippen LogP contribution in [-0.2, 0) is 11.4 Å². The topological polar surface area (TPSA) is 105 Å². The van der Waals surface area contributed by atoms with Gasteiger partial charge in [-0.25, -0.2) is 4.79 Å². The highest BCUT2D eigenvalue weighted by Gasteiger charge is 2.12. The Hall–Kier alpha value is -3.59. The van der Waals surface area contributed by atoms with Crippen molar-refractivity contribution in [1.29, 1.82) is 5.26 Å². The second-order valence-electron chi connectivity index (χ2n) is 4.80. The van der Waals surface area contributed by atoms with Gasteiger partial charge in [0.25, 0.3) is 5.91 Å². The minimum atomic E-state index is -1.02. The van der Waals surface area contributed by atoms with Crippen molar-refractivity contribution in [2.75, 3.05) is 0 Å². The van der Waals surface area contributed by atoms with Crippen molar-refractivity contribution in [3.05, 3.63) is 71.3 Å². The average molecular weight is 321 g/mol. The van der Waals surface area contributed by atoms with Crippen molar-refractivity contribution in [2.45, 2.75) is 6.61 Å². The standard InChI is InChI=1S/C18H15N3O3/c19-11-15(17(22)21-18(20)23)10-14-8-4-5-9-16(14)24-12-13-6-2-1-3-7-13/h1-10H,12H2,(H3,20,21,22,23)/b15-10-. The molecule has 0 fully saturated rings. The summed E-state index contributed by atoms with van der Waals surface area (Å²) in [6.45, 7) is 0.348. The van der Waals surface area contributed by atoms with Crippen LogP contribution in [0, 0.1) is 11.3 Å². The lowest BCUT2D eigenvalue weighted by molar-refractivity contribution is -0.115. The number of nitrogens with one attached hydrogen (secondary N) is 1. The van der Waals surface area contributed by atoms with Crippen LogP contribution >= 0.6 is 0 Å². The number of benzene rings is 2. The van der Waals surface area contributed by atoms with E-state index in [1.807, 2.05) is 35.6 Å². The number of imide groups is 1. The van der Waals surface area contributed by atoms with Crippen LogP contribution in [0.4, 0.5) is 4.79 Å². The van der Waals surface area contributed by atoms with Gasteiger partial charge in [-0.2, -0.15) is 5.26 Å². The summed E-state index contributed by atoms with van der Waals surface area (Å²) in [5, 5.41) is 11.0. The van der Waals surface area contributed by atoms with Gasteiger partial charge in [0.1, 0.15) is 24.0 Å². The van der Waals surface area contributed by atoms with E-state index in [2.05, 4.69) is 0 Å². The normalized spacial score (nSPS) is 10.5. The second kappa shape index (κ2) is 8.15. The summed E-state index contributed by atoms with van der Waals surface area (Å²) in [7, 11) is 0. The van der Waals surface area contributed by atoms with Crippen molar-refractivity contribution >= 4 is 18.0 Å². The molecule has 0 unspecified atom stereocenters. The molecule has 0 bridgehead atoms. The Morgan fingerprint density at radius 1 is 1.12 bits per heavy atom. The van der Waals surface area contributed by atoms with Gasteiger partial charge in [0.2, 0.25) is 0 Å². The highest BCUT2D eigenvalue weighted by molar-refractivity contribution is 6.08. The van der Waals surface area contributed by atoms with Crippen molar-refractivity contribution in [1.82, 2.24) is 5.32 Å². The number of nitrogens with two attached hydrogens (primary N) is 1. The van der Waals surface area contributed by atoms with Crippen LogP contribution in [-0.4, -0.2) is 11.9 Å². The molecule has 3 amide bonds. The first-order valence-electron chi connectivity index (χ1n) is 7.08. The molecule has 2 rings (SSSR count). The van der Waals surface area contributed by atoms with E-state index in [-0.39, 0.29) is 5.57 Å². The predicted molar refractivity (Wildman–Crippen MR) is 88.5 cm³/mol. The zero-order chi connectivity index (χ0) is 17.4. The maximum Gasteiger partial charge on any atom is 0.319 e. The van der Waals surface area contributed by atoms with Crippen LogP contribution < -0.4 is 15.8 Å². The number of hydrogen-bond acceptors (Lipinski definition) is 4. The van der Waals surface area contributed by atoms with Gasteiger partial charge in [0, 0.05) is 5.56 Å². The van der Waals surface area contributed by atoms with E-state index < -0.39 is 11.9 Å². The molecule has 24 heavy (non-hydrogen) atoms. The first-order valence-corrected chi connectivity index (χ1v) is 7.08. The van der Waals surface area contributed by atoms with Crippen molar-refractivity contribution in [2.24, 2.45) is 5.73 Å². The molecule has 0 spiro atoms. The number of rotatable bonds is 5. The number of primary amides is 1. The first-order chi connectivity index (χ1) is 11.6. The number of ether oxygens (including phenoxy) is 1. The van der Waals surface area contributed by atoms with E-state index in [0.29, 0.717) is 17.9 Å². The lowest BCUT2D eigenvalue weighted by Gasteiger charge is -2.09. The number of carbonyl (C=O) groups is 2. The Labute approximate surface area is 139 Å². The number of para-hydroxylation sites is 1. The van der Waals surface area contributed by atoms with E-state index in [9.17, 15) is 9.59 Å². The van der Waals surface area contributed by atoms with Gasteiger partial charge >= 0.3 is 6.03 Å². The molecule has 0 radical (unpaired) electrons. The third-order valence-corrected chi connectivity index (χ3v) is 3.06. The maximum absolute atomic E-state index is 11.7. The fourth-order valence-corrected chi connectivity index (χ4v) is 1.95. The van der Waals surface area contributed by atoms with E-state index >= 15 is 0 Å². The van der Waals surface area contributed by atoms with Crippen LogP contribution in [0.5, 0.6) is 5.75 Å². The summed E-state index contributed by atoms with van der Waals surface area (Å²) < 4.78 is 5.75. The minimum Gasteiger partial charge on any atom is -0.488 e. The molecule has 0 saturated heterocycles. The van der Waals surface area contributed by atoms with Gasteiger partial charge < -0.3 is 10.5 Å². The lowest BCUT2D eigenvalue weighted by Crippen LogP contribution is -2.35.